The summed E-state index contributed by atoms with van der Waals surface area (Å²) in [4.78, 5) is 7.95. The third-order valence-electron chi connectivity index (χ3n) is 20.6. The summed E-state index contributed by atoms with van der Waals surface area (Å²) in [5.41, 5.74) is 27.8. The second-order valence-corrected chi connectivity index (χ2v) is 34.1. The minimum atomic E-state index is -0.170. The molecule has 0 radical (unpaired) electrons. The number of rotatable bonds is 5. The fourth-order valence-corrected chi connectivity index (χ4v) is 16.7. The Morgan fingerprint density at radius 3 is 1.39 bits per heavy atom. The normalized spacial score (nSPS) is 17.4. The van der Waals surface area contributed by atoms with Crippen LogP contribution in [0.25, 0.3) is 20.2 Å². The summed E-state index contributed by atoms with van der Waals surface area (Å²) in [6.45, 7) is 50.3. The van der Waals surface area contributed by atoms with E-state index in [1.54, 1.807) is 0 Å². The second-order valence-electron chi connectivity index (χ2n) is 33.1. The molecule has 2 aliphatic carbocycles. The maximum Gasteiger partial charge on any atom is 0.252 e. The van der Waals surface area contributed by atoms with Gasteiger partial charge in [0.05, 0.1) is 0 Å². The van der Waals surface area contributed by atoms with Gasteiger partial charge in [-0.3, -0.25) is 0 Å². The molecule has 0 N–H and O–H groups in total. The van der Waals surface area contributed by atoms with Crippen molar-refractivity contribution in [1.29, 1.82) is 0 Å². The Bertz CT molecular complexity index is 4150. The molecule has 2 aliphatic heterocycles. The largest absolute Gasteiger partial charge is 0.311 e. The first kappa shape index (κ1) is 57.5. The van der Waals surface area contributed by atoms with Crippen molar-refractivity contribution in [1.82, 2.24) is 0 Å². The van der Waals surface area contributed by atoms with Gasteiger partial charge in [-0.2, -0.15) is 0 Å². The van der Waals surface area contributed by atoms with E-state index < -0.39 is 0 Å². The van der Waals surface area contributed by atoms with Crippen LogP contribution < -0.4 is 31.1 Å². The molecule has 9 aromatic rings. The smallest absolute Gasteiger partial charge is 0.252 e. The minimum Gasteiger partial charge on any atom is -0.311 e. The average molecular weight is 1140 g/mol. The highest BCUT2D eigenvalue weighted by atomic mass is 32.1. The van der Waals surface area contributed by atoms with Gasteiger partial charge in [0.15, 0.2) is 0 Å². The van der Waals surface area contributed by atoms with Crippen molar-refractivity contribution in [2.45, 2.75) is 208 Å². The van der Waals surface area contributed by atoms with Crippen molar-refractivity contribution in [3.05, 3.63) is 190 Å². The predicted molar refractivity (Wildman–Crippen MR) is 374 cm³/mol. The summed E-state index contributed by atoms with van der Waals surface area (Å²) < 4.78 is 2.65. The van der Waals surface area contributed by atoms with E-state index in [-0.39, 0.29) is 50.0 Å². The van der Waals surface area contributed by atoms with Crippen LogP contribution in [0.2, 0.25) is 0 Å². The van der Waals surface area contributed by atoms with Crippen molar-refractivity contribution in [3.8, 4) is 0 Å². The summed E-state index contributed by atoms with van der Waals surface area (Å²) in [5.74, 6) is 0. The molecule has 436 valence electrons. The molecular formula is C80H92BN3S. The van der Waals surface area contributed by atoms with Crippen molar-refractivity contribution in [2.75, 3.05) is 14.7 Å². The van der Waals surface area contributed by atoms with Gasteiger partial charge >= 0.3 is 0 Å². The van der Waals surface area contributed by atoms with Gasteiger partial charge in [-0.15, -0.1) is 11.3 Å². The van der Waals surface area contributed by atoms with E-state index in [1.807, 2.05) is 11.3 Å². The van der Waals surface area contributed by atoms with E-state index in [0.29, 0.717) is 0 Å². The lowest BCUT2D eigenvalue weighted by molar-refractivity contribution is 0.332. The molecule has 0 unspecified atom stereocenters. The zero-order valence-electron chi connectivity index (χ0n) is 55.2. The molecule has 5 heteroatoms. The monoisotopic (exact) mass is 1140 g/mol. The van der Waals surface area contributed by atoms with Crippen LogP contribution in [0, 0.1) is 6.92 Å². The first-order valence-corrected chi connectivity index (χ1v) is 32.6. The Morgan fingerprint density at radius 1 is 0.388 bits per heavy atom. The maximum absolute atomic E-state index is 2.76. The van der Waals surface area contributed by atoms with Crippen LogP contribution >= 0.6 is 11.3 Å². The van der Waals surface area contributed by atoms with Crippen LogP contribution in [0.15, 0.2) is 140 Å². The lowest BCUT2D eigenvalue weighted by Gasteiger charge is -2.47. The molecule has 0 spiro atoms. The van der Waals surface area contributed by atoms with Crippen molar-refractivity contribution >= 4 is 106 Å². The van der Waals surface area contributed by atoms with Gasteiger partial charge in [0, 0.05) is 71.4 Å². The number of aryl methyl sites for hydroxylation is 1. The summed E-state index contributed by atoms with van der Waals surface area (Å²) in [6.07, 6.45) is 3.45. The molecule has 0 atom stereocenters. The van der Waals surface area contributed by atoms with Crippen LogP contribution in [0.3, 0.4) is 0 Å². The number of benzene rings is 8. The highest BCUT2D eigenvalue weighted by Crippen LogP contribution is 2.56. The minimum absolute atomic E-state index is 0.00150. The van der Waals surface area contributed by atoms with Gasteiger partial charge in [0.2, 0.25) is 0 Å². The summed E-state index contributed by atoms with van der Waals surface area (Å²) in [5, 5.41) is 2.65. The maximum atomic E-state index is 2.76. The molecule has 3 nitrogen and oxygen atoms in total. The molecule has 1 aromatic heterocycles. The van der Waals surface area contributed by atoms with Gasteiger partial charge in [0.1, 0.15) is 0 Å². The van der Waals surface area contributed by atoms with Crippen LogP contribution in [0.4, 0.5) is 51.2 Å². The molecule has 0 saturated heterocycles. The zero-order valence-corrected chi connectivity index (χ0v) is 56.0. The van der Waals surface area contributed by atoms with E-state index in [0.717, 1.165) is 29.9 Å². The standard InChI is InChI=1S/C80H92BN3S/c1-48-38-59-61(78(16,17)37-36-77(59,14)15)45-65(48)84-67-46-62-60(79(18,19)47-80(62,20)21)44-64(67)81-63-35-32-55(82(53-27-22-49(23-28-53)73(2,3)4)54-29-24-50(25-30-54)74(5,6)7)42-66(63)83(68-39-52(76(11,12)13)40-69(84)72(68)81)56-31-34-58-57-33-26-51(75(8,9)10)41-70(57)85-71(58)43-56/h22-35,38-46H,36-37,47H2,1-21H3. The predicted octanol–water partition coefficient (Wildman–Crippen LogP) is 21.4. The molecule has 0 amide bonds. The van der Waals surface area contributed by atoms with Gasteiger partial charge in [-0.1, -0.05) is 199 Å². The number of hydrogen-bond acceptors (Lipinski definition) is 4. The van der Waals surface area contributed by atoms with E-state index in [4.69, 9.17) is 0 Å². The van der Waals surface area contributed by atoms with Crippen LogP contribution in [0.1, 0.15) is 208 Å². The van der Waals surface area contributed by atoms with Crippen molar-refractivity contribution in [2.24, 2.45) is 0 Å². The van der Waals surface area contributed by atoms with E-state index in [2.05, 4.69) is 300 Å². The average Bonchev–Trinajstić information content (AvgIpc) is 1.48. The molecule has 4 aliphatic rings. The quantitative estimate of drug-likeness (QED) is 0.159. The zero-order chi connectivity index (χ0) is 60.8. The Morgan fingerprint density at radius 2 is 0.835 bits per heavy atom. The Kier molecular flexibility index (Phi) is 12.7. The molecule has 13 rings (SSSR count). The Hall–Kier alpha value is -6.56. The van der Waals surface area contributed by atoms with Crippen LogP contribution in [-0.4, -0.2) is 6.71 Å². The number of anilines is 9. The van der Waals surface area contributed by atoms with Crippen LogP contribution in [0.5, 0.6) is 0 Å². The highest BCUT2D eigenvalue weighted by Gasteiger charge is 2.49. The number of nitrogens with zero attached hydrogens (tertiary/aromatic N) is 3. The van der Waals surface area contributed by atoms with Crippen molar-refractivity contribution in [3.63, 3.8) is 0 Å². The SMILES string of the molecule is Cc1cc2c(cc1N1c3cc4c(cc3B3c5ccc(N(c6ccc(C(C)(C)C)cc6)c6ccc(C(C)(C)C)cc6)cc5N(c5ccc6c(c5)sc5cc(C(C)(C)C)ccc56)c5cc(C(C)(C)C)cc1c53)C(C)(C)CC4(C)C)C(C)(C)CCC2(C)C. The highest BCUT2D eigenvalue weighted by molar-refractivity contribution is 7.25. The molecule has 0 saturated carbocycles. The van der Waals surface area contributed by atoms with E-state index in [1.165, 1.54) is 127 Å². The Labute approximate surface area is 515 Å². The van der Waals surface area contributed by atoms with Gasteiger partial charge in [-0.25, -0.2) is 0 Å². The van der Waals surface area contributed by atoms with Gasteiger partial charge in [-0.05, 0) is 215 Å². The van der Waals surface area contributed by atoms with E-state index in [9.17, 15) is 0 Å². The van der Waals surface area contributed by atoms with Gasteiger partial charge < -0.3 is 14.7 Å². The van der Waals surface area contributed by atoms with Crippen molar-refractivity contribution < 1.29 is 0 Å². The molecule has 3 heterocycles. The van der Waals surface area contributed by atoms with Crippen LogP contribution in [-0.2, 0) is 43.3 Å². The fourth-order valence-electron chi connectivity index (χ4n) is 15.5. The molecule has 0 fully saturated rings. The fraction of sp³-hybridized carbons (Fsp3) is 0.400. The first-order chi connectivity index (χ1) is 39.5. The molecule has 8 aromatic carbocycles. The summed E-state index contributed by atoms with van der Waals surface area (Å²) in [6, 6.07) is 56.6. The Balaban J connectivity index is 1.14. The second kappa shape index (κ2) is 18.7. The first-order valence-electron chi connectivity index (χ1n) is 31.8. The number of fused-ring (bicyclic) bond motifs is 9. The molecular weight excluding hydrogens is 1050 g/mol. The topological polar surface area (TPSA) is 9.72 Å². The lowest BCUT2D eigenvalue weighted by atomic mass is 9.33. The summed E-state index contributed by atoms with van der Waals surface area (Å²) >= 11 is 1.94. The van der Waals surface area contributed by atoms with Gasteiger partial charge in [0.25, 0.3) is 6.71 Å². The third kappa shape index (κ3) is 9.32. The number of thiophene rings is 1. The number of hydrogen-bond donors (Lipinski definition) is 0. The third-order valence-corrected chi connectivity index (χ3v) is 21.7. The molecule has 0 bridgehead atoms. The lowest BCUT2D eigenvalue weighted by Crippen LogP contribution is -2.61. The summed E-state index contributed by atoms with van der Waals surface area (Å²) in [7, 11) is 0. The van der Waals surface area contributed by atoms with E-state index >= 15 is 0 Å². The molecule has 85 heavy (non-hydrogen) atoms.